The monoisotopic (exact) mass is 357 g/mol. The molecule has 0 bridgehead atoms. The third kappa shape index (κ3) is 2.94. The van der Waals surface area contributed by atoms with E-state index in [-0.39, 0.29) is 0 Å². The first-order valence-electron chi connectivity index (χ1n) is 6.64. The first kappa shape index (κ1) is 14.5. The molecule has 5 heteroatoms. The van der Waals surface area contributed by atoms with E-state index in [0.29, 0.717) is 22.8 Å². The lowest BCUT2D eigenvalue weighted by Crippen LogP contribution is -2.10. The lowest BCUT2D eigenvalue weighted by atomic mass is 10.1. The zero-order valence-electron chi connectivity index (χ0n) is 11.7. The average molecular weight is 358 g/mol. The van der Waals surface area contributed by atoms with Crippen molar-refractivity contribution in [1.82, 2.24) is 5.16 Å². The molecule has 3 rings (SSSR count). The minimum atomic E-state index is -0.486. The van der Waals surface area contributed by atoms with Crippen LogP contribution >= 0.6 is 15.9 Å². The van der Waals surface area contributed by atoms with Gasteiger partial charge in [-0.25, -0.2) is 4.79 Å². The fourth-order valence-corrected chi connectivity index (χ4v) is 2.33. The summed E-state index contributed by atoms with van der Waals surface area (Å²) in [6.07, 6.45) is 0. The van der Waals surface area contributed by atoms with Crippen LogP contribution in [0.3, 0.4) is 0 Å². The van der Waals surface area contributed by atoms with Crippen molar-refractivity contribution in [3.63, 3.8) is 0 Å². The number of carbonyl (C=O) groups is 1. The maximum absolute atomic E-state index is 12.4. The number of aryl methyl sites for hydroxylation is 1. The smallest absolute Gasteiger partial charge is 0.349 e. The largest absolute Gasteiger partial charge is 0.423 e. The number of carbonyl (C=O) groups excluding carboxylic acids is 1. The highest BCUT2D eigenvalue weighted by Crippen LogP contribution is 2.26. The summed E-state index contributed by atoms with van der Waals surface area (Å²) in [7, 11) is 0. The zero-order valence-corrected chi connectivity index (χ0v) is 13.3. The molecule has 3 aromatic rings. The van der Waals surface area contributed by atoms with Crippen molar-refractivity contribution in [3.05, 3.63) is 70.4 Å². The van der Waals surface area contributed by atoms with Gasteiger partial charge in [-0.3, -0.25) is 0 Å². The standard InChI is InChI=1S/C17H12BrNO3/c1-11-15(16(19-22-11)12-5-3-2-4-6-12)17(20)21-14-9-7-13(18)8-10-14/h2-10H,1H3. The van der Waals surface area contributed by atoms with Gasteiger partial charge in [-0.2, -0.15) is 0 Å². The molecule has 4 nitrogen and oxygen atoms in total. The van der Waals surface area contributed by atoms with Gasteiger partial charge >= 0.3 is 5.97 Å². The lowest BCUT2D eigenvalue weighted by Gasteiger charge is -2.05. The van der Waals surface area contributed by atoms with Crippen LogP contribution in [-0.4, -0.2) is 11.1 Å². The molecule has 22 heavy (non-hydrogen) atoms. The number of nitrogens with zero attached hydrogens (tertiary/aromatic N) is 1. The number of rotatable bonds is 3. The summed E-state index contributed by atoms with van der Waals surface area (Å²) >= 11 is 3.34. The number of esters is 1. The summed E-state index contributed by atoms with van der Waals surface area (Å²) < 4.78 is 11.5. The van der Waals surface area contributed by atoms with E-state index >= 15 is 0 Å². The van der Waals surface area contributed by atoms with Gasteiger partial charge in [0.2, 0.25) is 0 Å². The maximum Gasteiger partial charge on any atom is 0.349 e. The third-order valence-corrected chi connectivity index (χ3v) is 3.67. The molecule has 0 spiro atoms. The molecule has 0 atom stereocenters. The van der Waals surface area contributed by atoms with E-state index in [9.17, 15) is 4.79 Å². The highest BCUT2D eigenvalue weighted by molar-refractivity contribution is 9.10. The quantitative estimate of drug-likeness (QED) is 0.506. The van der Waals surface area contributed by atoms with Crippen molar-refractivity contribution in [3.8, 4) is 17.0 Å². The van der Waals surface area contributed by atoms with Crippen LogP contribution in [0.1, 0.15) is 16.1 Å². The molecular formula is C17H12BrNO3. The molecule has 0 fully saturated rings. The van der Waals surface area contributed by atoms with Gasteiger partial charge in [-0.15, -0.1) is 0 Å². The fraction of sp³-hybridized carbons (Fsp3) is 0.0588. The number of ether oxygens (including phenoxy) is 1. The Kier molecular flexibility index (Phi) is 4.06. The van der Waals surface area contributed by atoms with Crippen LogP contribution in [0.25, 0.3) is 11.3 Å². The van der Waals surface area contributed by atoms with Gasteiger partial charge in [0.25, 0.3) is 0 Å². The van der Waals surface area contributed by atoms with Crippen molar-refractivity contribution < 1.29 is 14.1 Å². The van der Waals surface area contributed by atoms with Crippen LogP contribution < -0.4 is 4.74 Å². The number of aromatic nitrogens is 1. The first-order valence-corrected chi connectivity index (χ1v) is 7.44. The third-order valence-electron chi connectivity index (χ3n) is 3.14. The zero-order chi connectivity index (χ0) is 15.5. The van der Waals surface area contributed by atoms with Gasteiger partial charge in [0.1, 0.15) is 22.8 Å². The second kappa shape index (κ2) is 6.15. The maximum atomic E-state index is 12.4. The Morgan fingerprint density at radius 2 is 1.77 bits per heavy atom. The van der Waals surface area contributed by atoms with Gasteiger partial charge in [0.05, 0.1) is 0 Å². The van der Waals surface area contributed by atoms with Crippen LogP contribution in [0.4, 0.5) is 0 Å². The molecule has 0 saturated carbocycles. The van der Waals surface area contributed by atoms with E-state index in [1.807, 2.05) is 30.3 Å². The Hall–Kier alpha value is -2.40. The minimum absolute atomic E-state index is 0.342. The van der Waals surface area contributed by atoms with Crippen LogP contribution in [0.2, 0.25) is 0 Å². The van der Waals surface area contributed by atoms with Crippen molar-refractivity contribution in [2.24, 2.45) is 0 Å². The van der Waals surface area contributed by atoms with Crippen molar-refractivity contribution in [1.29, 1.82) is 0 Å². The van der Waals surface area contributed by atoms with Crippen molar-refractivity contribution >= 4 is 21.9 Å². The predicted octanol–water partition coefficient (Wildman–Crippen LogP) is 4.63. The Morgan fingerprint density at radius 3 is 2.45 bits per heavy atom. The molecule has 0 amide bonds. The fourth-order valence-electron chi connectivity index (χ4n) is 2.07. The molecule has 0 aliphatic carbocycles. The minimum Gasteiger partial charge on any atom is -0.423 e. The molecule has 2 aromatic carbocycles. The van der Waals surface area contributed by atoms with E-state index in [1.165, 1.54) is 0 Å². The summed E-state index contributed by atoms with van der Waals surface area (Å²) in [5, 5.41) is 3.98. The summed E-state index contributed by atoms with van der Waals surface area (Å²) in [6.45, 7) is 1.69. The van der Waals surface area contributed by atoms with Crippen LogP contribution in [-0.2, 0) is 0 Å². The first-order chi connectivity index (χ1) is 10.6. The number of hydrogen-bond donors (Lipinski definition) is 0. The van der Waals surface area contributed by atoms with Gasteiger partial charge in [-0.1, -0.05) is 51.4 Å². The number of halogens is 1. The molecule has 0 saturated heterocycles. The van der Waals surface area contributed by atoms with Gasteiger partial charge < -0.3 is 9.26 Å². The van der Waals surface area contributed by atoms with Gasteiger partial charge in [0.15, 0.2) is 0 Å². The second-order valence-electron chi connectivity index (χ2n) is 4.67. The summed E-state index contributed by atoms with van der Waals surface area (Å²) in [4.78, 5) is 12.4. The van der Waals surface area contributed by atoms with E-state index in [4.69, 9.17) is 9.26 Å². The van der Waals surface area contributed by atoms with E-state index < -0.39 is 5.97 Å². The van der Waals surface area contributed by atoms with Crippen LogP contribution in [0, 0.1) is 6.92 Å². The average Bonchev–Trinajstić information content (AvgIpc) is 2.92. The highest BCUT2D eigenvalue weighted by Gasteiger charge is 2.23. The van der Waals surface area contributed by atoms with Crippen LogP contribution in [0.15, 0.2) is 63.6 Å². The van der Waals surface area contributed by atoms with Crippen molar-refractivity contribution in [2.45, 2.75) is 6.92 Å². The topological polar surface area (TPSA) is 52.3 Å². The molecule has 1 aromatic heterocycles. The molecule has 0 aliphatic heterocycles. The van der Waals surface area contributed by atoms with E-state index in [2.05, 4.69) is 21.1 Å². The molecular weight excluding hydrogens is 346 g/mol. The Bertz CT molecular complexity index is 795. The summed E-state index contributed by atoms with van der Waals surface area (Å²) in [5.74, 6) is 0.411. The Labute approximate surface area is 135 Å². The molecule has 0 radical (unpaired) electrons. The van der Waals surface area contributed by atoms with Gasteiger partial charge in [-0.05, 0) is 31.2 Å². The second-order valence-corrected chi connectivity index (χ2v) is 5.59. The SMILES string of the molecule is Cc1onc(-c2ccccc2)c1C(=O)Oc1ccc(Br)cc1. The predicted molar refractivity (Wildman–Crippen MR) is 85.8 cm³/mol. The molecule has 0 unspecified atom stereocenters. The Morgan fingerprint density at radius 1 is 1.09 bits per heavy atom. The van der Waals surface area contributed by atoms with E-state index in [0.717, 1.165) is 10.0 Å². The summed E-state index contributed by atoms with van der Waals surface area (Å²) in [5.41, 5.74) is 1.64. The number of hydrogen-bond acceptors (Lipinski definition) is 4. The van der Waals surface area contributed by atoms with E-state index in [1.54, 1.807) is 31.2 Å². The number of benzene rings is 2. The highest BCUT2D eigenvalue weighted by atomic mass is 79.9. The van der Waals surface area contributed by atoms with Crippen LogP contribution in [0.5, 0.6) is 5.75 Å². The van der Waals surface area contributed by atoms with Crippen molar-refractivity contribution in [2.75, 3.05) is 0 Å². The molecule has 0 N–H and O–H groups in total. The Balaban J connectivity index is 1.93. The molecule has 110 valence electrons. The molecule has 0 aliphatic rings. The summed E-state index contributed by atoms with van der Waals surface area (Å²) in [6, 6.07) is 16.4. The van der Waals surface area contributed by atoms with Gasteiger partial charge in [0, 0.05) is 10.0 Å². The molecule has 1 heterocycles. The lowest BCUT2D eigenvalue weighted by molar-refractivity contribution is 0.0733. The normalized spacial score (nSPS) is 10.5.